The van der Waals surface area contributed by atoms with Crippen LogP contribution in [0.4, 0.5) is 11.4 Å². The van der Waals surface area contributed by atoms with Crippen LogP contribution in [0.1, 0.15) is 27.6 Å². The van der Waals surface area contributed by atoms with E-state index in [-0.39, 0.29) is 18.1 Å². The smallest absolute Gasteiger partial charge is 0.421 e. The number of rotatable bonds is 7. The lowest BCUT2D eigenvalue weighted by atomic mass is 10.1. The van der Waals surface area contributed by atoms with Crippen LogP contribution in [0.3, 0.4) is 0 Å². The zero-order valence-electron chi connectivity index (χ0n) is 17.8. The second-order valence-corrected chi connectivity index (χ2v) is 6.93. The number of anilines is 2. The minimum Gasteiger partial charge on any atom is -0.462 e. The summed E-state index contributed by atoms with van der Waals surface area (Å²) >= 11 is 0. The van der Waals surface area contributed by atoms with Gasteiger partial charge in [-0.3, -0.25) is 9.36 Å². The first-order chi connectivity index (χ1) is 15.5. The second-order valence-electron chi connectivity index (χ2n) is 6.93. The highest BCUT2D eigenvalue weighted by Gasteiger charge is 2.11. The third kappa shape index (κ3) is 5.28. The van der Waals surface area contributed by atoms with Gasteiger partial charge in [-0.25, -0.2) is 9.59 Å². The van der Waals surface area contributed by atoms with E-state index in [1.165, 1.54) is 4.57 Å². The molecule has 0 saturated carbocycles. The number of aromatic nitrogens is 1. The number of hydrogen-bond acceptors (Lipinski definition) is 6. The van der Waals surface area contributed by atoms with E-state index in [9.17, 15) is 14.4 Å². The summed E-state index contributed by atoms with van der Waals surface area (Å²) in [5, 5.41) is 5.94. The molecule has 0 fully saturated rings. The molecule has 9 heteroatoms. The fraction of sp³-hybridized carbons (Fsp3) is 0.125. The lowest BCUT2D eigenvalue weighted by Crippen LogP contribution is -2.19. The van der Waals surface area contributed by atoms with Crippen LogP contribution in [0.2, 0.25) is 0 Å². The molecule has 0 bridgehead atoms. The summed E-state index contributed by atoms with van der Waals surface area (Å²) in [4.78, 5) is 36.5. The van der Waals surface area contributed by atoms with Crippen molar-refractivity contribution in [2.75, 3.05) is 17.2 Å². The average Bonchev–Trinajstić information content (AvgIpc) is 3.13. The Morgan fingerprint density at radius 3 is 2.45 bits per heavy atom. The third-order valence-corrected chi connectivity index (χ3v) is 4.79. The summed E-state index contributed by atoms with van der Waals surface area (Å²) in [6.07, 6.45) is 0. The van der Waals surface area contributed by atoms with E-state index in [0.29, 0.717) is 40.2 Å². The zero-order chi connectivity index (χ0) is 22.5. The number of oxazole rings is 1. The van der Waals surface area contributed by atoms with Crippen molar-refractivity contribution >= 4 is 34.4 Å². The van der Waals surface area contributed by atoms with Gasteiger partial charge in [-0.2, -0.15) is 0 Å². The molecule has 1 amide bonds. The van der Waals surface area contributed by atoms with E-state index in [0.717, 1.165) is 0 Å². The number of carbonyl (C=O) groups excluding carboxylic acids is 2. The highest BCUT2D eigenvalue weighted by atomic mass is 16.5. The van der Waals surface area contributed by atoms with Gasteiger partial charge in [0.25, 0.3) is 5.91 Å². The van der Waals surface area contributed by atoms with Gasteiger partial charge in [0, 0.05) is 16.9 Å². The van der Waals surface area contributed by atoms with Gasteiger partial charge >= 0.3 is 11.7 Å². The fourth-order valence-corrected chi connectivity index (χ4v) is 3.21. The lowest BCUT2D eigenvalue weighted by molar-refractivity contribution is 0.0526. The summed E-state index contributed by atoms with van der Waals surface area (Å²) in [6, 6.07) is 20.6. The largest absolute Gasteiger partial charge is 0.462 e. The molecule has 0 aliphatic carbocycles. The Morgan fingerprint density at radius 1 is 0.939 bits per heavy atom. The van der Waals surface area contributed by atoms with Gasteiger partial charge in [-0.1, -0.05) is 18.2 Å². The van der Waals surface area contributed by atoms with Crippen molar-refractivity contribution in [2.24, 2.45) is 0 Å². The fourth-order valence-electron chi connectivity index (χ4n) is 3.21. The number of hydrogen-bond donors (Lipinski definition) is 2. The molecule has 0 saturated heterocycles. The number of benzene rings is 3. The number of fused-ring (bicyclic) bond motifs is 1. The highest BCUT2D eigenvalue weighted by molar-refractivity contribution is 6.05. The molecular weight excluding hydrogens is 426 g/mol. The van der Waals surface area contributed by atoms with E-state index >= 15 is 0 Å². The molecule has 0 atom stereocenters. The Morgan fingerprint density at radius 2 is 1.70 bits per heavy atom. The highest BCUT2D eigenvalue weighted by Crippen LogP contribution is 2.16. The van der Waals surface area contributed by atoms with Crippen molar-refractivity contribution < 1.29 is 24.2 Å². The van der Waals surface area contributed by atoms with E-state index in [4.69, 9.17) is 9.15 Å². The quantitative estimate of drug-likeness (QED) is 0.416. The molecule has 33 heavy (non-hydrogen) atoms. The van der Waals surface area contributed by atoms with Gasteiger partial charge in [0.05, 0.1) is 24.4 Å². The Kier molecular flexibility index (Phi) is 7.27. The molecule has 0 aliphatic rings. The lowest BCUT2D eigenvalue weighted by Gasteiger charge is -2.10. The van der Waals surface area contributed by atoms with Crippen molar-refractivity contribution in [2.45, 2.75) is 13.6 Å². The van der Waals surface area contributed by atoms with Gasteiger partial charge in [0.1, 0.15) is 0 Å². The Balaban J connectivity index is 0.00000306. The summed E-state index contributed by atoms with van der Waals surface area (Å²) in [6.45, 7) is 2.23. The number of carbonyl (C=O) groups is 2. The average molecular weight is 449 g/mol. The number of para-hydroxylation sites is 2. The molecule has 0 unspecified atom stereocenters. The molecule has 0 aliphatic heterocycles. The maximum atomic E-state index is 12.6. The van der Waals surface area contributed by atoms with E-state index in [1.807, 2.05) is 6.07 Å². The molecule has 4 aromatic rings. The predicted octanol–water partition coefficient (Wildman–Crippen LogP) is 3.27. The van der Waals surface area contributed by atoms with Crippen molar-refractivity contribution in [1.82, 2.24) is 4.57 Å². The number of esters is 1. The normalized spacial score (nSPS) is 10.3. The van der Waals surface area contributed by atoms with Crippen LogP contribution in [0, 0.1) is 0 Å². The van der Waals surface area contributed by atoms with E-state index in [1.54, 1.807) is 73.7 Å². The Labute approximate surface area is 188 Å². The third-order valence-electron chi connectivity index (χ3n) is 4.79. The summed E-state index contributed by atoms with van der Waals surface area (Å²) in [7, 11) is 0. The minimum absolute atomic E-state index is 0. The molecule has 170 valence electrons. The van der Waals surface area contributed by atoms with Crippen molar-refractivity contribution in [3.63, 3.8) is 0 Å². The van der Waals surface area contributed by atoms with E-state index in [2.05, 4.69) is 10.6 Å². The van der Waals surface area contributed by atoms with Crippen LogP contribution < -0.4 is 16.4 Å². The van der Waals surface area contributed by atoms with Crippen molar-refractivity contribution in [1.29, 1.82) is 0 Å². The van der Waals surface area contributed by atoms with Gasteiger partial charge < -0.3 is 25.3 Å². The maximum Gasteiger partial charge on any atom is 0.421 e. The molecule has 3 aromatic carbocycles. The summed E-state index contributed by atoms with van der Waals surface area (Å²) < 4.78 is 11.7. The van der Waals surface area contributed by atoms with Crippen LogP contribution in [-0.2, 0) is 11.4 Å². The predicted molar refractivity (Wildman–Crippen MR) is 125 cm³/mol. The first-order valence-electron chi connectivity index (χ1n) is 10.1. The molecule has 1 heterocycles. The standard InChI is InChI=1S/C24H21N3O5.H2O/c1-2-31-23(29)16-10-12-18(13-11-16)26-22(28)17-6-5-7-19(14-17)25-15-27-20-8-3-4-9-21(20)32-24(27)30;/h3-14,25H,2,15H2,1H3,(H,26,28);1H2. The minimum atomic E-state index is -0.459. The number of ether oxygens (including phenoxy) is 1. The molecule has 4 rings (SSSR count). The zero-order valence-corrected chi connectivity index (χ0v) is 17.8. The summed E-state index contributed by atoms with van der Waals surface area (Å²) in [5.74, 6) is -1.17. The Hall–Kier alpha value is -4.37. The van der Waals surface area contributed by atoms with Gasteiger partial charge in [-0.05, 0) is 61.5 Å². The van der Waals surface area contributed by atoms with Crippen molar-refractivity contribution in [3.05, 3.63) is 94.5 Å². The maximum absolute atomic E-state index is 12.6. The van der Waals surface area contributed by atoms with Gasteiger partial charge in [0.2, 0.25) is 0 Å². The van der Waals surface area contributed by atoms with E-state index < -0.39 is 11.7 Å². The van der Waals surface area contributed by atoms with Gasteiger partial charge in [-0.15, -0.1) is 0 Å². The van der Waals surface area contributed by atoms with Crippen molar-refractivity contribution in [3.8, 4) is 0 Å². The van der Waals surface area contributed by atoms with Crippen LogP contribution in [0.5, 0.6) is 0 Å². The molecular formula is C24H23N3O6. The monoisotopic (exact) mass is 449 g/mol. The summed E-state index contributed by atoms with van der Waals surface area (Å²) in [5.41, 5.74) is 3.28. The SMILES string of the molecule is CCOC(=O)c1ccc(NC(=O)c2cccc(NCn3c(=O)oc4ccccc43)c2)cc1.O. The van der Waals surface area contributed by atoms with Crippen LogP contribution in [-0.4, -0.2) is 28.5 Å². The first kappa shape index (κ1) is 23.3. The number of nitrogens with zero attached hydrogens (tertiary/aromatic N) is 1. The molecule has 9 nitrogen and oxygen atoms in total. The topological polar surface area (TPSA) is 134 Å². The number of nitrogens with one attached hydrogen (secondary N) is 2. The number of amides is 1. The molecule has 0 spiro atoms. The molecule has 1 aromatic heterocycles. The second kappa shape index (κ2) is 10.3. The molecule has 4 N–H and O–H groups in total. The van der Waals surface area contributed by atoms with Crippen LogP contribution in [0.15, 0.2) is 82.0 Å². The Bertz CT molecular complexity index is 1320. The first-order valence-corrected chi connectivity index (χ1v) is 10.1. The van der Waals surface area contributed by atoms with Crippen LogP contribution in [0.25, 0.3) is 11.1 Å². The van der Waals surface area contributed by atoms with Gasteiger partial charge in [0.15, 0.2) is 5.58 Å². The molecule has 0 radical (unpaired) electrons. The van der Waals surface area contributed by atoms with Crippen LogP contribution >= 0.6 is 0 Å².